The molecule has 0 aliphatic carbocycles. The van der Waals surface area contributed by atoms with Crippen LogP contribution in [0, 0.1) is 11.6 Å². The third-order valence-electron chi connectivity index (χ3n) is 4.47. The van der Waals surface area contributed by atoms with Crippen LogP contribution in [0.15, 0.2) is 42.5 Å². The topological polar surface area (TPSA) is 49.4 Å². The van der Waals surface area contributed by atoms with Gasteiger partial charge in [-0.25, -0.2) is 8.78 Å². The van der Waals surface area contributed by atoms with Crippen molar-refractivity contribution in [3.05, 3.63) is 70.2 Å². The summed E-state index contributed by atoms with van der Waals surface area (Å²) in [7, 11) is 0. The fraction of sp³-hybridized carbons (Fsp3) is 0.364. The van der Waals surface area contributed by atoms with Crippen LogP contribution in [0.3, 0.4) is 0 Å². The number of benzene rings is 2. The average Bonchev–Trinajstić information content (AvgIpc) is 2.65. The first-order valence-electron chi connectivity index (χ1n) is 9.50. The summed E-state index contributed by atoms with van der Waals surface area (Å²) in [4.78, 5) is 27.2. The first-order chi connectivity index (χ1) is 13.7. The lowest BCUT2D eigenvalue weighted by Crippen LogP contribution is -2.50. The monoisotopic (exact) mass is 422 g/mol. The molecule has 0 bridgehead atoms. The highest BCUT2D eigenvalue weighted by molar-refractivity contribution is 6.31. The SMILES string of the molecule is CC[C@H](C(=O)NC(C)C)N(Cc1ccc(F)cc1)C(=O)Cc1c(F)cccc1Cl. The highest BCUT2D eigenvalue weighted by Crippen LogP contribution is 2.22. The van der Waals surface area contributed by atoms with E-state index in [4.69, 9.17) is 11.6 Å². The van der Waals surface area contributed by atoms with Gasteiger partial charge < -0.3 is 10.2 Å². The highest BCUT2D eigenvalue weighted by Gasteiger charge is 2.29. The molecule has 0 saturated carbocycles. The molecule has 0 aromatic heterocycles. The van der Waals surface area contributed by atoms with E-state index >= 15 is 0 Å². The van der Waals surface area contributed by atoms with Crippen molar-refractivity contribution in [3.63, 3.8) is 0 Å². The second-order valence-electron chi connectivity index (χ2n) is 7.11. The number of hydrogen-bond donors (Lipinski definition) is 1. The summed E-state index contributed by atoms with van der Waals surface area (Å²) in [5, 5.41) is 2.97. The summed E-state index contributed by atoms with van der Waals surface area (Å²) in [6.07, 6.45) is 0.0919. The molecule has 0 fully saturated rings. The average molecular weight is 423 g/mol. The van der Waals surface area contributed by atoms with Crippen LogP contribution >= 0.6 is 11.6 Å². The Balaban J connectivity index is 2.34. The zero-order valence-electron chi connectivity index (χ0n) is 16.7. The molecule has 1 atom stereocenters. The number of nitrogens with one attached hydrogen (secondary N) is 1. The summed E-state index contributed by atoms with van der Waals surface area (Å²) >= 11 is 6.07. The quantitative estimate of drug-likeness (QED) is 0.681. The Kier molecular flexibility index (Phi) is 8.14. The summed E-state index contributed by atoms with van der Waals surface area (Å²) in [6.45, 7) is 5.55. The van der Waals surface area contributed by atoms with Gasteiger partial charge in [0.15, 0.2) is 0 Å². The minimum absolute atomic E-state index is 0.0855. The molecule has 2 rings (SSSR count). The molecular weight excluding hydrogens is 398 g/mol. The van der Waals surface area contributed by atoms with Gasteiger partial charge in [-0.05, 0) is 50.1 Å². The lowest BCUT2D eigenvalue weighted by molar-refractivity contribution is -0.141. The Morgan fingerprint density at radius 3 is 2.31 bits per heavy atom. The maximum absolute atomic E-state index is 14.2. The number of carbonyl (C=O) groups is 2. The van der Waals surface area contributed by atoms with Gasteiger partial charge in [0.05, 0.1) is 6.42 Å². The van der Waals surface area contributed by atoms with Gasteiger partial charge in [0, 0.05) is 23.2 Å². The Morgan fingerprint density at radius 2 is 1.76 bits per heavy atom. The number of halogens is 3. The van der Waals surface area contributed by atoms with E-state index < -0.39 is 23.6 Å². The van der Waals surface area contributed by atoms with Crippen LogP contribution in [0.4, 0.5) is 8.78 Å². The van der Waals surface area contributed by atoms with Crippen LogP contribution in [-0.4, -0.2) is 28.8 Å². The second-order valence-corrected chi connectivity index (χ2v) is 7.52. The molecule has 0 heterocycles. The largest absolute Gasteiger partial charge is 0.352 e. The Hall–Kier alpha value is -2.47. The number of rotatable bonds is 8. The summed E-state index contributed by atoms with van der Waals surface area (Å²) in [5.74, 6) is -1.70. The summed E-state index contributed by atoms with van der Waals surface area (Å²) < 4.78 is 27.4. The first kappa shape index (κ1) is 22.8. The second kappa shape index (κ2) is 10.3. The van der Waals surface area contributed by atoms with Crippen molar-refractivity contribution in [1.82, 2.24) is 10.2 Å². The highest BCUT2D eigenvalue weighted by atomic mass is 35.5. The number of carbonyl (C=O) groups excluding carboxylic acids is 2. The van der Waals surface area contributed by atoms with Gasteiger partial charge >= 0.3 is 0 Å². The molecule has 2 aromatic rings. The molecule has 1 N–H and O–H groups in total. The van der Waals surface area contributed by atoms with Gasteiger partial charge in [-0.2, -0.15) is 0 Å². The van der Waals surface area contributed by atoms with Gasteiger partial charge in [0.2, 0.25) is 11.8 Å². The minimum Gasteiger partial charge on any atom is -0.352 e. The van der Waals surface area contributed by atoms with Gasteiger partial charge in [-0.3, -0.25) is 9.59 Å². The molecule has 2 amide bonds. The van der Waals surface area contributed by atoms with Crippen molar-refractivity contribution >= 4 is 23.4 Å². The smallest absolute Gasteiger partial charge is 0.243 e. The summed E-state index contributed by atoms with van der Waals surface area (Å²) in [6, 6.07) is 9.06. The van der Waals surface area contributed by atoms with Gasteiger partial charge in [-0.15, -0.1) is 0 Å². The molecule has 156 valence electrons. The zero-order valence-corrected chi connectivity index (χ0v) is 17.5. The molecule has 4 nitrogen and oxygen atoms in total. The van der Waals surface area contributed by atoms with E-state index in [0.717, 1.165) is 0 Å². The van der Waals surface area contributed by atoms with E-state index in [1.165, 1.54) is 35.2 Å². The fourth-order valence-corrected chi connectivity index (χ4v) is 3.27. The minimum atomic E-state index is -0.750. The molecule has 7 heteroatoms. The lowest BCUT2D eigenvalue weighted by Gasteiger charge is -2.31. The van der Waals surface area contributed by atoms with Crippen LogP contribution in [0.1, 0.15) is 38.3 Å². The van der Waals surface area contributed by atoms with E-state index in [0.29, 0.717) is 12.0 Å². The fourth-order valence-electron chi connectivity index (χ4n) is 3.04. The van der Waals surface area contributed by atoms with E-state index in [2.05, 4.69) is 5.32 Å². The van der Waals surface area contributed by atoms with Crippen molar-refractivity contribution in [2.75, 3.05) is 0 Å². The normalized spacial score (nSPS) is 12.0. The lowest BCUT2D eigenvalue weighted by atomic mass is 10.1. The molecule has 0 spiro atoms. The maximum Gasteiger partial charge on any atom is 0.243 e. The molecular formula is C22H25ClF2N2O2. The van der Waals surface area contributed by atoms with Crippen molar-refractivity contribution in [2.24, 2.45) is 0 Å². The molecule has 0 radical (unpaired) electrons. The van der Waals surface area contributed by atoms with Crippen molar-refractivity contribution in [3.8, 4) is 0 Å². The Morgan fingerprint density at radius 1 is 1.10 bits per heavy atom. The number of nitrogens with zero attached hydrogens (tertiary/aromatic N) is 1. The third-order valence-corrected chi connectivity index (χ3v) is 4.83. The molecule has 0 unspecified atom stereocenters. The van der Waals surface area contributed by atoms with E-state index in [-0.39, 0.29) is 35.5 Å². The molecule has 0 saturated heterocycles. The Labute approximate surface area is 174 Å². The van der Waals surface area contributed by atoms with E-state index in [9.17, 15) is 18.4 Å². The molecule has 0 aliphatic heterocycles. The predicted molar refractivity (Wildman–Crippen MR) is 109 cm³/mol. The first-order valence-corrected chi connectivity index (χ1v) is 9.87. The number of hydrogen-bond acceptors (Lipinski definition) is 2. The molecule has 2 aromatic carbocycles. The van der Waals surface area contributed by atoms with Gasteiger partial charge in [0.25, 0.3) is 0 Å². The maximum atomic E-state index is 14.2. The van der Waals surface area contributed by atoms with E-state index in [1.807, 2.05) is 13.8 Å². The van der Waals surface area contributed by atoms with Crippen LogP contribution in [0.25, 0.3) is 0 Å². The Bertz CT molecular complexity index is 836. The van der Waals surface area contributed by atoms with E-state index in [1.54, 1.807) is 19.1 Å². The standard InChI is InChI=1S/C22H25ClF2N2O2/c1-4-20(22(29)26-14(2)3)27(13-15-8-10-16(24)11-9-15)21(28)12-17-18(23)6-5-7-19(17)25/h5-11,14,20H,4,12-13H2,1-3H3,(H,26,29)/t20-/m1/s1. The van der Waals surface area contributed by atoms with Crippen LogP contribution < -0.4 is 5.32 Å². The van der Waals surface area contributed by atoms with Gasteiger partial charge in [-0.1, -0.05) is 36.7 Å². The third kappa shape index (κ3) is 6.26. The van der Waals surface area contributed by atoms with Crippen LogP contribution in [0.2, 0.25) is 5.02 Å². The number of amides is 2. The molecule has 0 aliphatic rings. The van der Waals surface area contributed by atoms with Crippen molar-refractivity contribution < 1.29 is 18.4 Å². The van der Waals surface area contributed by atoms with Crippen LogP contribution in [-0.2, 0) is 22.6 Å². The predicted octanol–water partition coefficient (Wildman–Crippen LogP) is 4.49. The van der Waals surface area contributed by atoms with Gasteiger partial charge in [0.1, 0.15) is 17.7 Å². The zero-order chi connectivity index (χ0) is 21.6. The molecule has 29 heavy (non-hydrogen) atoms. The summed E-state index contributed by atoms with van der Waals surface area (Å²) in [5.41, 5.74) is 0.748. The van der Waals surface area contributed by atoms with Crippen molar-refractivity contribution in [2.45, 2.75) is 52.2 Å². The van der Waals surface area contributed by atoms with Crippen molar-refractivity contribution in [1.29, 1.82) is 0 Å². The van der Waals surface area contributed by atoms with Crippen LogP contribution in [0.5, 0.6) is 0 Å².